The SMILES string of the molecule is COc1cccc(N(C(=O)O)c2ccc(Oc3ccnc4cc(OC)c(OC)cc34)c(C)c2C)c1. The summed E-state index contributed by atoms with van der Waals surface area (Å²) in [5.41, 5.74) is 3.28. The summed E-state index contributed by atoms with van der Waals surface area (Å²) in [7, 11) is 4.69. The van der Waals surface area contributed by atoms with Crippen molar-refractivity contribution in [1.29, 1.82) is 0 Å². The number of pyridine rings is 1. The van der Waals surface area contributed by atoms with Gasteiger partial charge in [-0.25, -0.2) is 9.69 Å². The minimum absolute atomic E-state index is 0.481. The van der Waals surface area contributed by atoms with Crippen molar-refractivity contribution in [2.75, 3.05) is 26.2 Å². The second-order valence-corrected chi connectivity index (χ2v) is 7.79. The fraction of sp³-hybridized carbons (Fsp3) is 0.185. The van der Waals surface area contributed by atoms with E-state index in [-0.39, 0.29) is 0 Å². The maximum Gasteiger partial charge on any atom is 0.416 e. The van der Waals surface area contributed by atoms with Crippen LogP contribution >= 0.6 is 0 Å². The maximum absolute atomic E-state index is 12.2. The number of aromatic nitrogens is 1. The smallest absolute Gasteiger partial charge is 0.416 e. The van der Waals surface area contributed by atoms with Crippen molar-refractivity contribution in [3.05, 3.63) is 71.9 Å². The molecule has 0 bridgehead atoms. The van der Waals surface area contributed by atoms with E-state index in [0.29, 0.717) is 45.6 Å². The van der Waals surface area contributed by atoms with Crippen molar-refractivity contribution < 1.29 is 28.8 Å². The standard InChI is InChI=1S/C27H26N2O6/c1-16-17(2)23(10-9-22(16)29(27(30)31)18-7-6-8-19(13-18)32-3)35-24-11-12-28-21-15-26(34-5)25(33-4)14-20(21)24/h6-15H,1-5H3,(H,30,31). The Morgan fingerprint density at radius 2 is 1.57 bits per heavy atom. The Morgan fingerprint density at radius 1 is 0.829 bits per heavy atom. The van der Waals surface area contributed by atoms with Crippen LogP contribution in [0.4, 0.5) is 16.2 Å². The Balaban J connectivity index is 1.75. The summed E-state index contributed by atoms with van der Waals surface area (Å²) in [6.45, 7) is 3.76. The Bertz CT molecular complexity index is 1400. The second-order valence-electron chi connectivity index (χ2n) is 7.79. The number of benzene rings is 3. The van der Waals surface area contributed by atoms with E-state index in [1.807, 2.05) is 19.9 Å². The number of methoxy groups -OCH3 is 3. The molecule has 8 nitrogen and oxygen atoms in total. The lowest BCUT2D eigenvalue weighted by atomic mass is 10.1. The third-order valence-corrected chi connectivity index (χ3v) is 5.88. The van der Waals surface area contributed by atoms with E-state index in [4.69, 9.17) is 18.9 Å². The molecule has 35 heavy (non-hydrogen) atoms. The van der Waals surface area contributed by atoms with Crippen molar-refractivity contribution in [2.45, 2.75) is 13.8 Å². The first-order valence-corrected chi connectivity index (χ1v) is 10.8. The quantitative estimate of drug-likeness (QED) is 0.327. The van der Waals surface area contributed by atoms with Gasteiger partial charge in [0.15, 0.2) is 11.5 Å². The van der Waals surface area contributed by atoms with Crippen LogP contribution in [0.2, 0.25) is 0 Å². The molecule has 0 aliphatic carbocycles. The van der Waals surface area contributed by atoms with E-state index >= 15 is 0 Å². The summed E-state index contributed by atoms with van der Waals surface area (Å²) in [5.74, 6) is 2.90. The summed E-state index contributed by atoms with van der Waals surface area (Å²) in [6.07, 6.45) is 0.560. The molecule has 0 aliphatic heterocycles. The van der Waals surface area contributed by atoms with Crippen molar-refractivity contribution in [3.63, 3.8) is 0 Å². The van der Waals surface area contributed by atoms with Gasteiger partial charge < -0.3 is 24.1 Å². The molecule has 180 valence electrons. The number of ether oxygens (including phenoxy) is 4. The topological polar surface area (TPSA) is 90.4 Å². The minimum Gasteiger partial charge on any atom is -0.497 e. The summed E-state index contributed by atoms with van der Waals surface area (Å²) >= 11 is 0. The highest BCUT2D eigenvalue weighted by atomic mass is 16.5. The number of rotatable bonds is 7. The van der Waals surface area contributed by atoms with Crippen molar-refractivity contribution in [1.82, 2.24) is 4.98 Å². The van der Waals surface area contributed by atoms with Gasteiger partial charge in [-0.3, -0.25) is 4.98 Å². The molecule has 0 spiro atoms. The number of carbonyl (C=O) groups is 1. The lowest BCUT2D eigenvalue weighted by Gasteiger charge is -2.24. The monoisotopic (exact) mass is 474 g/mol. The number of anilines is 2. The summed E-state index contributed by atoms with van der Waals surface area (Å²) in [6, 6.07) is 15.8. The Morgan fingerprint density at radius 3 is 2.26 bits per heavy atom. The Labute approximate surface area is 203 Å². The molecule has 4 rings (SSSR count). The number of nitrogens with zero attached hydrogens (tertiary/aromatic N) is 2. The maximum atomic E-state index is 12.2. The number of hydrogen-bond donors (Lipinski definition) is 1. The van der Waals surface area contributed by atoms with Crippen molar-refractivity contribution in [2.24, 2.45) is 0 Å². The fourth-order valence-electron chi connectivity index (χ4n) is 3.89. The van der Waals surface area contributed by atoms with Gasteiger partial charge in [0.2, 0.25) is 0 Å². The number of fused-ring (bicyclic) bond motifs is 1. The van der Waals surface area contributed by atoms with Gasteiger partial charge in [-0.1, -0.05) is 6.07 Å². The fourth-order valence-corrected chi connectivity index (χ4v) is 3.89. The molecule has 0 unspecified atom stereocenters. The number of carboxylic acid groups (broad SMARTS) is 1. The first-order valence-electron chi connectivity index (χ1n) is 10.8. The minimum atomic E-state index is -1.10. The van der Waals surface area contributed by atoms with E-state index in [1.165, 1.54) is 4.90 Å². The molecular formula is C27H26N2O6. The lowest BCUT2D eigenvalue weighted by molar-refractivity contribution is 0.204. The molecule has 0 fully saturated rings. The van der Waals surface area contributed by atoms with E-state index in [1.54, 1.807) is 76.1 Å². The van der Waals surface area contributed by atoms with E-state index in [9.17, 15) is 9.90 Å². The van der Waals surface area contributed by atoms with Gasteiger partial charge in [0.05, 0.1) is 38.2 Å². The highest BCUT2D eigenvalue weighted by Crippen LogP contribution is 2.40. The predicted molar refractivity (Wildman–Crippen MR) is 134 cm³/mol. The highest BCUT2D eigenvalue weighted by Gasteiger charge is 2.22. The van der Waals surface area contributed by atoms with Gasteiger partial charge >= 0.3 is 6.09 Å². The molecule has 0 aliphatic rings. The Kier molecular flexibility index (Phi) is 6.64. The van der Waals surface area contributed by atoms with Gasteiger partial charge in [-0.15, -0.1) is 0 Å². The van der Waals surface area contributed by atoms with Crippen LogP contribution in [0.5, 0.6) is 28.7 Å². The van der Waals surface area contributed by atoms with Crippen LogP contribution in [0, 0.1) is 13.8 Å². The molecule has 0 radical (unpaired) electrons. The second kappa shape index (κ2) is 9.80. The molecule has 1 heterocycles. The number of hydrogen-bond acceptors (Lipinski definition) is 6. The first-order chi connectivity index (χ1) is 16.9. The van der Waals surface area contributed by atoms with Crippen LogP contribution < -0.4 is 23.8 Å². The van der Waals surface area contributed by atoms with Gasteiger partial charge in [-0.05, 0) is 61.4 Å². The predicted octanol–water partition coefficient (Wildman–Crippen LogP) is 6.49. The zero-order valence-electron chi connectivity index (χ0n) is 20.2. The van der Waals surface area contributed by atoms with Gasteiger partial charge in [0, 0.05) is 23.7 Å². The third-order valence-electron chi connectivity index (χ3n) is 5.88. The zero-order valence-corrected chi connectivity index (χ0v) is 20.2. The molecule has 0 atom stereocenters. The molecule has 4 aromatic rings. The molecule has 1 N–H and O–H groups in total. The molecule has 0 saturated heterocycles. The average Bonchev–Trinajstić information content (AvgIpc) is 2.87. The van der Waals surface area contributed by atoms with E-state index < -0.39 is 6.09 Å². The zero-order chi connectivity index (χ0) is 25.1. The number of amides is 1. The first kappa shape index (κ1) is 23.7. The van der Waals surface area contributed by atoms with E-state index in [0.717, 1.165) is 16.5 Å². The normalized spacial score (nSPS) is 10.7. The van der Waals surface area contributed by atoms with Crippen LogP contribution in [0.1, 0.15) is 11.1 Å². The lowest BCUT2D eigenvalue weighted by Crippen LogP contribution is -2.24. The molecule has 1 amide bonds. The van der Waals surface area contributed by atoms with Crippen LogP contribution in [-0.2, 0) is 0 Å². The van der Waals surface area contributed by atoms with Crippen LogP contribution in [0.3, 0.4) is 0 Å². The van der Waals surface area contributed by atoms with Crippen molar-refractivity contribution in [3.8, 4) is 28.7 Å². The highest BCUT2D eigenvalue weighted by molar-refractivity contribution is 5.96. The molecule has 1 aromatic heterocycles. The molecule has 3 aromatic carbocycles. The van der Waals surface area contributed by atoms with Gasteiger partial charge in [0.25, 0.3) is 0 Å². The van der Waals surface area contributed by atoms with E-state index in [2.05, 4.69) is 4.98 Å². The molecule has 8 heteroatoms. The largest absolute Gasteiger partial charge is 0.497 e. The van der Waals surface area contributed by atoms with Crippen LogP contribution in [0.25, 0.3) is 10.9 Å². The van der Waals surface area contributed by atoms with Gasteiger partial charge in [-0.2, -0.15) is 0 Å². The summed E-state index contributed by atoms with van der Waals surface area (Å²) < 4.78 is 22.4. The van der Waals surface area contributed by atoms with Crippen molar-refractivity contribution >= 4 is 28.4 Å². The molecular weight excluding hydrogens is 448 g/mol. The Hall–Kier alpha value is -4.46. The summed E-state index contributed by atoms with van der Waals surface area (Å²) in [5, 5.41) is 10.8. The average molecular weight is 475 g/mol. The summed E-state index contributed by atoms with van der Waals surface area (Å²) in [4.78, 5) is 17.9. The van der Waals surface area contributed by atoms with Crippen LogP contribution in [0.15, 0.2) is 60.8 Å². The van der Waals surface area contributed by atoms with Gasteiger partial charge in [0.1, 0.15) is 17.2 Å². The third kappa shape index (κ3) is 4.50. The molecule has 0 saturated carbocycles. The van der Waals surface area contributed by atoms with Crippen LogP contribution in [-0.4, -0.2) is 37.5 Å².